The molecule has 2 aromatic heterocycles. The van der Waals surface area contributed by atoms with Gasteiger partial charge in [0.15, 0.2) is 0 Å². The Morgan fingerprint density at radius 3 is 2.29 bits per heavy atom. The van der Waals surface area contributed by atoms with Gasteiger partial charge in [-0.3, -0.25) is 4.98 Å². The van der Waals surface area contributed by atoms with Crippen LogP contribution >= 0.6 is 0 Å². The zero-order chi connectivity index (χ0) is 19.2. The average molecular weight is 366 g/mol. The molecule has 0 amide bonds. The van der Waals surface area contributed by atoms with E-state index >= 15 is 0 Å². The van der Waals surface area contributed by atoms with Crippen LogP contribution in [0, 0.1) is 0 Å². The Labute approximate surface area is 163 Å². The van der Waals surface area contributed by atoms with Crippen LogP contribution in [-0.4, -0.2) is 27.3 Å². The number of hydrogen-bond donors (Lipinski definition) is 0. The van der Waals surface area contributed by atoms with Crippen LogP contribution in [0.1, 0.15) is 11.3 Å². The van der Waals surface area contributed by atoms with E-state index in [2.05, 4.69) is 15.2 Å². The molecule has 0 bridgehead atoms. The summed E-state index contributed by atoms with van der Waals surface area (Å²) >= 11 is 0. The lowest BCUT2D eigenvalue weighted by Crippen LogP contribution is -2.00. The fourth-order valence-electron chi connectivity index (χ4n) is 2.75. The van der Waals surface area contributed by atoms with Crippen molar-refractivity contribution in [3.8, 4) is 28.5 Å². The molecule has 0 spiro atoms. The lowest BCUT2D eigenvalue weighted by Gasteiger charge is -2.06. The highest BCUT2D eigenvalue weighted by Crippen LogP contribution is 2.23. The Morgan fingerprint density at radius 1 is 0.786 bits per heavy atom. The molecule has 0 aliphatic carbocycles. The van der Waals surface area contributed by atoms with Crippen molar-refractivity contribution in [1.82, 2.24) is 20.2 Å². The second kappa shape index (κ2) is 8.22. The molecule has 0 radical (unpaired) electrons. The molecule has 28 heavy (non-hydrogen) atoms. The molecule has 2 aromatic carbocycles. The monoisotopic (exact) mass is 366 g/mol. The minimum absolute atomic E-state index is 0.495. The summed E-state index contributed by atoms with van der Waals surface area (Å²) in [6.07, 6.45) is 5.67. The van der Waals surface area contributed by atoms with Gasteiger partial charge >= 0.3 is 0 Å². The second-order valence-corrected chi connectivity index (χ2v) is 6.06. The van der Waals surface area contributed by atoms with Crippen LogP contribution in [0.5, 0.6) is 5.75 Å². The SMILES string of the molecule is COc1ccc(/C=C/c2nc(-c3ccccn3)nnc2-c2ccccc2)cc1. The highest BCUT2D eigenvalue weighted by atomic mass is 16.5. The summed E-state index contributed by atoms with van der Waals surface area (Å²) < 4.78 is 5.21. The minimum Gasteiger partial charge on any atom is -0.497 e. The van der Waals surface area contributed by atoms with Crippen molar-refractivity contribution in [1.29, 1.82) is 0 Å². The summed E-state index contributed by atoms with van der Waals surface area (Å²) in [6, 6.07) is 23.4. The Hall–Kier alpha value is -3.86. The summed E-state index contributed by atoms with van der Waals surface area (Å²) in [5.41, 5.74) is 4.15. The van der Waals surface area contributed by atoms with E-state index in [9.17, 15) is 0 Å². The largest absolute Gasteiger partial charge is 0.497 e. The summed E-state index contributed by atoms with van der Waals surface area (Å²) in [7, 11) is 1.66. The van der Waals surface area contributed by atoms with Crippen LogP contribution in [0.2, 0.25) is 0 Å². The van der Waals surface area contributed by atoms with E-state index in [0.717, 1.165) is 28.3 Å². The van der Waals surface area contributed by atoms with Crippen molar-refractivity contribution in [2.75, 3.05) is 7.11 Å². The van der Waals surface area contributed by atoms with Crippen molar-refractivity contribution in [2.24, 2.45) is 0 Å². The van der Waals surface area contributed by atoms with Gasteiger partial charge < -0.3 is 4.74 Å². The van der Waals surface area contributed by atoms with Crippen molar-refractivity contribution in [2.45, 2.75) is 0 Å². The molecule has 136 valence electrons. The lowest BCUT2D eigenvalue weighted by molar-refractivity contribution is 0.415. The quantitative estimate of drug-likeness (QED) is 0.509. The highest BCUT2D eigenvalue weighted by molar-refractivity contribution is 5.77. The van der Waals surface area contributed by atoms with Crippen LogP contribution in [-0.2, 0) is 0 Å². The number of nitrogens with zero attached hydrogens (tertiary/aromatic N) is 4. The first-order chi connectivity index (χ1) is 13.8. The van der Waals surface area contributed by atoms with Gasteiger partial charge in [-0.05, 0) is 35.9 Å². The molecule has 5 heteroatoms. The van der Waals surface area contributed by atoms with Gasteiger partial charge in [-0.15, -0.1) is 10.2 Å². The van der Waals surface area contributed by atoms with Gasteiger partial charge in [-0.1, -0.05) is 54.6 Å². The third-order valence-electron chi connectivity index (χ3n) is 4.20. The maximum Gasteiger partial charge on any atom is 0.200 e. The molecule has 0 fully saturated rings. The molecule has 0 aliphatic rings. The van der Waals surface area contributed by atoms with Crippen molar-refractivity contribution >= 4 is 12.2 Å². The standard InChI is InChI=1S/C23H18N4O/c1-28-19-13-10-17(11-14-19)12-15-20-22(18-7-3-2-4-8-18)26-27-23(25-20)21-9-5-6-16-24-21/h2-16H,1H3/b15-12+. The van der Waals surface area contributed by atoms with E-state index in [0.29, 0.717) is 11.5 Å². The Bertz CT molecular complexity index is 1080. The van der Waals surface area contributed by atoms with E-state index in [-0.39, 0.29) is 0 Å². The van der Waals surface area contributed by atoms with Gasteiger partial charge in [0.05, 0.1) is 12.8 Å². The molecule has 0 unspecified atom stereocenters. The Morgan fingerprint density at radius 2 is 1.57 bits per heavy atom. The van der Waals surface area contributed by atoms with Crippen LogP contribution in [0.3, 0.4) is 0 Å². The van der Waals surface area contributed by atoms with Gasteiger partial charge in [0.2, 0.25) is 5.82 Å². The first-order valence-corrected chi connectivity index (χ1v) is 8.87. The molecular weight excluding hydrogens is 348 g/mol. The summed E-state index contributed by atoms with van der Waals surface area (Å²) in [5, 5.41) is 8.73. The smallest absolute Gasteiger partial charge is 0.200 e. The molecule has 4 rings (SSSR count). The second-order valence-electron chi connectivity index (χ2n) is 6.06. The zero-order valence-electron chi connectivity index (χ0n) is 15.4. The van der Waals surface area contributed by atoms with E-state index in [4.69, 9.17) is 9.72 Å². The lowest BCUT2D eigenvalue weighted by atomic mass is 10.1. The number of methoxy groups -OCH3 is 1. The van der Waals surface area contributed by atoms with Gasteiger partial charge in [0.25, 0.3) is 0 Å². The summed E-state index contributed by atoms with van der Waals surface area (Å²) in [5.74, 6) is 1.32. The number of pyridine rings is 1. The molecule has 0 saturated carbocycles. The topological polar surface area (TPSA) is 60.8 Å². The minimum atomic E-state index is 0.495. The third-order valence-corrected chi connectivity index (χ3v) is 4.20. The third kappa shape index (κ3) is 3.94. The molecule has 4 aromatic rings. The van der Waals surface area contributed by atoms with Crippen LogP contribution in [0.15, 0.2) is 79.0 Å². The van der Waals surface area contributed by atoms with Crippen molar-refractivity contribution in [3.05, 3.63) is 90.3 Å². The average Bonchev–Trinajstić information content (AvgIpc) is 2.79. The molecule has 0 saturated heterocycles. The van der Waals surface area contributed by atoms with Gasteiger partial charge in [-0.25, -0.2) is 4.98 Å². The number of rotatable bonds is 5. The van der Waals surface area contributed by atoms with E-state index in [1.807, 2.05) is 84.9 Å². The van der Waals surface area contributed by atoms with Crippen LogP contribution in [0.4, 0.5) is 0 Å². The van der Waals surface area contributed by atoms with E-state index < -0.39 is 0 Å². The first-order valence-electron chi connectivity index (χ1n) is 8.87. The van der Waals surface area contributed by atoms with Crippen molar-refractivity contribution in [3.63, 3.8) is 0 Å². The fourth-order valence-corrected chi connectivity index (χ4v) is 2.75. The highest BCUT2D eigenvalue weighted by Gasteiger charge is 2.11. The predicted octanol–water partition coefficient (Wildman–Crippen LogP) is 4.78. The molecule has 0 atom stereocenters. The first kappa shape index (κ1) is 17.5. The van der Waals surface area contributed by atoms with Gasteiger partial charge in [0, 0.05) is 11.8 Å². The van der Waals surface area contributed by atoms with Crippen LogP contribution < -0.4 is 4.74 Å². The normalized spacial score (nSPS) is 10.9. The Kier molecular flexibility index (Phi) is 5.15. The maximum absolute atomic E-state index is 5.21. The number of benzene rings is 2. The number of hydrogen-bond acceptors (Lipinski definition) is 5. The Balaban J connectivity index is 1.76. The fraction of sp³-hybridized carbons (Fsp3) is 0.0435. The summed E-state index contributed by atoms with van der Waals surface area (Å²) in [4.78, 5) is 9.05. The zero-order valence-corrected chi connectivity index (χ0v) is 15.4. The van der Waals surface area contributed by atoms with E-state index in [1.165, 1.54) is 0 Å². The molecular formula is C23H18N4O. The number of ether oxygens (including phenoxy) is 1. The van der Waals surface area contributed by atoms with Crippen LogP contribution in [0.25, 0.3) is 34.9 Å². The van der Waals surface area contributed by atoms with Crippen molar-refractivity contribution < 1.29 is 4.74 Å². The molecule has 0 aliphatic heterocycles. The predicted molar refractivity (Wildman–Crippen MR) is 110 cm³/mol. The summed E-state index contributed by atoms with van der Waals surface area (Å²) in [6.45, 7) is 0. The van der Waals surface area contributed by atoms with Gasteiger partial charge in [0.1, 0.15) is 17.1 Å². The van der Waals surface area contributed by atoms with Gasteiger partial charge in [-0.2, -0.15) is 0 Å². The molecule has 2 heterocycles. The molecule has 5 nitrogen and oxygen atoms in total. The van der Waals surface area contributed by atoms with E-state index in [1.54, 1.807) is 13.3 Å². The number of aromatic nitrogens is 4. The molecule has 0 N–H and O–H groups in total. The maximum atomic E-state index is 5.21.